The van der Waals surface area contributed by atoms with Crippen LogP contribution in [-0.4, -0.2) is 18.1 Å². The van der Waals surface area contributed by atoms with Crippen molar-refractivity contribution >= 4 is 0 Å². The lowest BCUT2D eigenvalue weighted by molar-refractivity contribution is 0.293. The molecule has 0 aliphatic heterocycles. The van der Waals surface area contributed by atoms with Gasteiger partial charge in [-0.25, -0.2) is 4.98 Å². The Morgan fingerprint density at radius 3 is 2.55 bits per heavy atom. The van der Waals surface area contributed by atoms with Gasteiger partial charge in [0.05, 0.1) is 6.61 Å². The summed E-state index contributed by atoms with van der Waals surface area (Å²) < 4.78 is 5.67. The summed E-state index contributed by atoms with van der Waals surface area (Å²) in [7, 11) is 0. The minimum Gasteiger partial charge on any atom is -0.478 e. The molecule has 3 heteroatoms. The molecule has 0 aliphatic rings. The minimum absolute atomic E-state index is 0.352. The van der Waals surface area contributed by atoms with Crippen LogP contribution in [0.2, 0.25) is 0 Å². The van der Waals surface area contributed by atoms with E-state index in [1.807, 2.05) is 12.3 Å². The first-order chi connectivity index (χ1) is 9.77. The van der Waals surface area contributed by atoms with E-state index in [-0.39, 0.29) is 0 Å². The third-order valence-electron chi connectivity index (χ3n) is 3.46. The Morgan fingerprint density at radius 2 is 1.90 bits per heavy atom. The summed E-state index contributed by atoms with van der Waals surface area (Å²) in [6.45, 7) is 8.39. The summed E-state index contributed by atoms with van der Waals surface area (Å²) in [5.74, 6) is 0.743. The van der Waals surface area contributed by atoms with Gasteiger partial charge >= 0.3 is 0 Å². The summed E-state index contributed by atoms with van der Waals surface area (Å²) in [5, 5.41) is 3.46. The van der Waals surface area contributed by atoms with E-state index in [0.717, 1.165) is 31.9 Å². The van der Waals surface area contributed by atoms with E-state index in [0.29, 0.717) is 6.04 Å². The van der Waals surface area contributed by atoms with Crippen molar-refractivity contribution in [2.75, 3.05) is 13.2 Å². The quantitative estimate of drug-likeness (QED) is 0.605. The van der Waals surface area contributed by atoms with Crippen LogP contribution in [0.3, 0.4) is 0 Å². The zero-order valence-corrected chi connectivity index (χ0v) is 13.3. The van der Waals surface area contributed by atoms with Crippen LogP contribution >= 0.6 is 0 Å². The normalized spacial score (nSPS) is 12.3. The van der Waals surface area contributed by atoms with E-state index in [9.17, 15) is 0 Å². The lowest BCUT2D eigenvalue weighted by Crippen LogP contribution is -2.19. The molecule has 1 aromatic heterocycles. The molecule has 0 bridgehead atoms. The van der Waals surface area contributed by atoms with Gasteiger partial charge in [-0.15, -0.1) is 0 Å². The van der Waals surface area contributed by atoms with Gasteiger partial charge in [0.15, 0.2) is 0 Å². The zero-order chi connectivity index (χ0) is 14.6. The fourth-order valence-corrected chi connectivity index (χ4v) is 2.09. The number of pyridine rings is 1. The summed E-state index contributed by atoms with van der Waals surface area (Å²) >= 11 is 0. The molecule has 0 fully saturated rings. The summed E-state index contributed by atoms with van der Waals surface area (Å²) in [4.78, 5) is 4.38. The van der Waals surface area contributed by atoms with Crippen LogP contribution < -0.4 is 10.1 Å². The Labute approximate surface area is 124 Å². The lowest BCUT2D eigenvalue weighted by atomic mass is 10.1. The molecule has 3 nitrogen and oxygen atoms in total. The minimum atomic E-state index is 0.352. The molecule has 1 heterocycles. The molecule has 1 atom stereocenters. The monoisotopic (exact) mass is 278 g/mol. The van der Waals surface area contributed by atoms with Gasteiger partial charge in [-0.05, 0) is 31.9 Å². The van der Waals surface area contributed by atoms with Gasteiger partial charge in [-0.1, -0.05) is 45.6 Å². The average molecular weight is 278 g/mol. The Bertz CT molecular complexity index is 337. The maximum absolute atomic E-state index is 5.67. The summed E-state index contributed by atoms with van der Waals surface area (Å²) in [5.41, 5.74) is 1.22. The van der Waals surface area contributed by atoms with E-state index in [4.69, 9.17) is 4.74 Å². The van der Waals surface area contributed by atoms with Gasteiger partial charge < -0.3 is 10.1 Å². The largest absolute Gasteiger partial charge is 0.478 e. The molecule has 1 N–H and O–H groups in total. The van der Waals surface area contributed by atoms with Crippen LogP contribution in [0.5, 0.6) is 5.88 Å². The highest BCUT2D eigenvalue weighted by molar-refractivity contribution is 5.20. The van der Waals surface area contributed by atoms with Gasteiger partial charge in [0.25, 0.3) is 0 Å². The highest BCUT2D eigenvalue weighted by Gasteiger charge is 2.04. The number of ether oxygens (including phenoxy) is 1. The summed E-state index contributed by atoms with van der Waals surface area (Å²) in [6, 6.07) is 4.43. The Morgan fingerprint density at radius 1 is 1.10 bits per heavy atom. The van der Waals surface area contributed by atoms with Crippen LogP contribution in [0, 0.1) is 0 Å². The fraction of sp³-hybridized carbons (Fsp3) is 0.706. The third kappa shape index (κ3) is 6.90. The van der Waals surface area contributed by atoms with Crippen molar-refractivity contribution in [3.63, 3.8) is 0 Å². The van der Waals surface area contributed by atoms with E-state index in [2.05, 4.69) is 37.1 Å². The SMILES string of the molecule is CCCCCCCOc1ccc(C(C)NCCC)cn1. The smallest absolute Gasteiger partial charge is 0.213 e. The summed E-state index contributed by atoms with van der Waals surface area (Å²) in [6.07, 6.45) is 9.37. The van der Waals surface area contributed by atoms with Crippen molar-refractivity contribution in [1.29, 1.82) is 0 Å². The molecule has 1 rings (SSSR count). The predicted molar refractivity (Wildman–Crippen MR) is 85.2 cm³/mol. The first-order valence-electron chi connectivity index (χ1n) is 8.10. The van der Waals surface area contributed by atoms with Crippen LogP contribution in [-0.2, 0) is 0 Å². The number of unbranched alkanes of at least 4 members (excludes halogenated alkanes) is 4. The van der Waals surface area contributed by atoms with Crippen molar-refractivity contribution in [3.8, 4) is 5.88 Å². The second kappa shape index (κ2) is 10.7. The van der Waals surface area contributed by atoms with Crippen molar-refractivity contribution in [2.45, 2.75) is 65.3 Å². The molecule has 0 amide bonds. The lowest BCUT2D eigenvalue weighted by Gasteiger charge is -2.13. The second-order valence-electron chi connectivity index (χ2n) is 5.37. The van der Waals surface area contributed by atoms with Crippen LogP contribution in [0.15, 0.2) is 18.3 Å². The molecular weight excluding hydrogens is 248 g/mol. The van der Waals surface area contributed by atoms with Gasteiger partial charge in [-0.2, -0.15) is 0 Å². The highest BCUT2D eigenvalue weighted by atomic mass is 16.5. The molecule has 1 unspecified atom stereocenters. The van der Waals surface area contributed by atoms with Crippen molar-refractivity contribution in [1.82, 2.24) is 10.3 Å². The standard InChI is InChI=1S/C17H30N2O/c1-4-6-7-8-9-13-20-17-11-10-16(14-19-17)15(3)18-12-5-2/h10-11,14-15,18H,4-9,12-13H2,1-3H3. The number of nitrogens with zero attached hydrogens (tertiary/aromatic N) is 1. The molecule has 0 aliphatic carbocycles. The van der Waals surface area contributed by atoms with Crippen LogP contribution in [0.25, 0.3) is 0 Å². The first-order valence-corrected chi connectivity index (χ1v) is 8.10. The van der Waals surface area contributed by atoms with E-state index >= 15 is 0 Å². The van der Waals surface area contributed by atoms with E-state index in [1.165, 1.54) is 31.2 Å². The number of hydrogen-bond acceptors (Lipinski definition) is 3. The second-order valence-corrected chi connectivity index (χ2v) is 5.37. The fourth-order valence-electron chi connectivity index (χ4n) is 2.09. The van der Waals surface area contributed by atoms with Gasteiger partial charge in [0.1, 0.15) is 0 Å². The third-order valence-corrected chi connectivity index (χ3v) is 3.46. The molecule has 0 aromatic carbocycles. The number of nitrogens with one attached hydrogen (secondary N) is 1. The average Bonchev–Trinajstić information content (AvgIpc) is 2.49. The van der Waals surface area contributed by atoms with Crippen molar-refractivity contribution in [3.05, 3.63) is 23.9 Å². The van der Waals surface area contributed by atoms with E-state index in [1.54, 1.807) is 0 Å². The van der Waals surface area contributed by atoms with E-state index < -0.39 is 0 Å². The Kier molecular flexibility index (Phi) is 9.05. The number of aromatic nitrogens is 1. The number of rotatable bonds is 11. The van der Waals surface area contributed by atoms with Crippen molar-refractivity contribution < 1.29 is 4.74 Å². The Balaban J connectivity index is 2.24. The topological polar surface area (TPSA) is 34.1 Å². The molecule has 114 valence electrons. The Hall–Kier alpha value is -1.09. The van der Waals surface area contributed by atoms with Crippen molar-refractivity contribution in [2.24, 2.45) is 0 Å². The molecule has 0 saturated carbocycles. The number of hydrogen-bond donors (Lipinski definition) is 1. The molecule has 0 saturated heterocycles. The molecular formula is C17H30N2O. The first kappa shape index (κ1) is 17.0. The van der Waals surface area contributed by atoms with Gasteiger partial charge in [-0.3, -0.25) is 0 Å². The van der Waals surface area contributed by atoms with Gasteiger partial charge in [0, 0.05) is 18.3 Å². The maximum Gasteiger partial charge on any atom is 0.213 e. The molecule has 0 radical (unpaired) electrons. The van der Waals surface area contributed by atoms with Crippen LogP contribution in [0.1, 0.15) is 70.9 Å². The predicted octanol–water partition coefficient (Wildman–Crippen LogP) is 4.49. The molecule has 20 heavy (non-hydrogen) atoms. The maximum atomic E-state index is 5.67. The highest BCUT2D eigenvalue weighted by Crippen LogP contribution is 2.15. The molecule has 0 spiro atoms. The zero-order valence-electron chi connectivity index (χ0n) is 13.3. The molecule has 1 aromatic rings. The van der Waals surface area contributed by atoms with Gasteiger partial charge in [0.2, 0.25) is 5.88 Å². The van der Waals surface area contributed by atoms with Crippen LogP contribution in [0.4, 0.5) is 0 Å².